The molecule has 0 bridgehead atoms. The Morgan fingerprint density at radius 2 is 1.89 bits per heavy atom. The molecule has 0 radical (unpaired) electrons. The Bertz CT molecular complexity index is 1090. The highest BCUT2D eigenvalue weighted by molar-refractivity contribution is 6.07. The molecule has 5 rings (SSSR count). The molecule has 1 N–H and O–H groups in total. The van der Waals surface area contributed by atoms with Gasteiger partial charge in [0.05, 0.1) is 22.7 Å². The number of nitrogens with zero attached hydrogens (tertiary/aromatic N) is 3. The van der Waals surface area contributed by atoms with Crippen molar-refractivity contribution in [2.75, 3.05) is 0 Å². The third-order valence-electron chi connectivity index (χ3n) is 6.11. The topological polar surface area (TPSA) is 58.4 Å². The van der Waals surface area contributed by atoms with E-state index < -0.39 is 5.60 Å². The summed E-state index contributed by atoms with van der Waals surface area (Å²) in [6.07, 6.45) is 2.15. The van der Waals surface area contributed by atoms with Crippen molar-refractivity contribution in [3.8, 4) is 11.3 Å². The van der Waals surface area contributed by atoms with Gasteiger partial charge < -0.3 is 10.0 Å². The van der Waals surface area contributed by atoms with Crippen molar-refractivity contribution >= 4 is 16.8 Å². The summed E-state index contributed by atoms with van der Waals surface area (Å²) in [6.45, 7) is 4.19. The molecule has 2 aliphatic rings. The number of fused-ring (bicyclic) bond motifs is 2. The number of hydrogen-bond acceptors (Lipinski definition) is 3. The maximum absolute atomic E-state index is 13.5. The van der Waals surface area contributed by atoms with Crippen molar-refractivity contribution in [2.24, 2.45) is 13.0 Å². The van der Waals surface area contributed by atoms with Gasteiger partial charge in [-0.15, -0.1) is 0 Å². The molecule has 1 saturated carbocycles. The predicted octanol–water partition coefficient (Wildman–Crippen LogP) is 3.75. The predicted molar refractivity (Wildman–Crippen MR) is 109 cm³/mol. The molecule has 1 atom stereocenters. The molecule has 2 heterocycles. The quantitative estimate of drug-likeness (QED) is 0.756. The lowest BCUT2D eigenvalue weighted by Gasteiger charge is -2.37. The number of benzene rings is 2. The van der Waals surface area contributed by atoms with Crippen LogP contribution in [0, 0.1) is 5.92 Å². The van der Waals surface area contributed by atoms with Gasteiger partial charge in [0.1, 0.15) is 5.69 Å². The first-order chi connectivity index (χ1) is 13.4. The average Bonchev–Trinajstić information content (AvgIpc) is 3.35. The maximum Gasteiger partial charge on any atom is 0.255 e. The number of rotatable bonds is 4. The summed E-state index contributed by atoms with van der Waals surface area (Å²) in [5.41, 5.74) is 3.61. The van der Waals surface area contributed by atoms with Crippen molar-refractivity contribution in [2.45, 2.75) is 44.9 Å². The van der Waals surface area contributed by atoms with E-state index in [2.05, 4.69) is 6.07 Å². The van der Waals surface area contributed by atoms with E-state index in [1.807, 2.05) is 66.9 Å². The van der Waals surface area contributed by atoms with Crippen LogP contribution in [-0.2, 0) is 13.6 Å². The first kappa shape index (κ1) is 17.4. The summed E-state index contributed by atoms with van der Waals surface area (Å²) in [6, 6.07) is 14.0. The number of aromatic nitrogens is 2. The minimum absolute atomic E-state index is 0.0133. The van der Waals surface area contributed by atoms with Crippen LogP contribution in [0.15, 0.2) is 42.5 Å². The lowest BCUT2D eigenvalue weighted by atomic mass is 9.93. The van der Waals surface area contributed by atoms with E-state index in [1.165, 1.54) is 0 Å². The van der Waals surface area contributed by atoms with E-state index in [4.69, 9.17) is 5.10 Å². The molecular weight excluding hydrogens is 350 g/mol. The van der Waals surface area contributed by atoms with Crippen molar-refractivity contribution < 1.29 is 9.90 Å². The van der Waals surface area contributed by atoms with E-state index in [0.29, 0.717) is 12.5 Å². The highest BCUT2D eigenvalue weighted by Gasteiger charge is 2.48. The molecule has 5 nitrogen and oxygen atoms in total. The lowest BCUT2D eigenvalue weighted by Crippen LogP contribution is -2.51. The summed E-state index contributed by atoms with van der Waals surface area (Å²) in [5.74, 6) is 0.400. The number of para-hydroxylation sites is 1. The highest BCUT2D eigenvalue weighted by Crippen LogP contribution is 2.44. The Morgan fingerprint density at radius 3 is 2.61 bits per heavy atom. The number of aliphatic hydroxyl groups is 1. The second-order valence-corrected chi connectivity index (χ2v) is 8.70. The molecule has 1 aromatic heterocycles. The van der Waals surface area contributed by atoms with Crippen LogP contribution in [0.3, 0.4) is 0 Å². The van der Waals surface area contributed by atoms with E-state index in [1.54, 1.807) is 0 Å². The Hall–Kier alpha value is -2.66. The first-order valence-electron chi connectivity index (χ1n) is 9.93. The minimum Gasteiger partial charge on any atom is -0.388 e. The second kappa shape index (κ2) is 5.92. The van der Waals surface area contributed by atoms with Crippen molar-refractivity contribution in [3.63, 3.8) is 0 Å². The van der Waals surface area contributed by atoms with Crippen LogP contribution in [0.5, 0.6) is 0 Å². The Kier molecular flexibility index (Phi) is 3.68. The first-order valence-corrected chi connectivity index (χ1v) is 9.93. The van der Waals surface area contributed by atoms with Gasteiger partial charge in [0.2, 0.25) is 0 Å². The highest BCUT2D eigenvalue weighted by atomic mass is 16.3. The zero-order chi connectivity index (χ0) is 19.6. The molecule has 1 aliphatic heterocycles. The molecule has 1 aliphatic carbocycles. The van der Waals surface area contributed by atoms with Crippen molar-refractivity contribution in [1.29, 1.82) is 0 Å². The van der Waals surface area contributed by atoms with E-state index in [-0.39, 0.29) is 11.9 Å². The van der Waals surface area contributed by atoms with Gasteiger partial charge in [-0.3, -0.25) is 9.48 Å². The fourth-order valence-corrected chi connectivity index (χ4v) is 4.84. The van der Waals surface area contributed by atoms with Crippen molar-refractivity contribution in [3.05, 3.63) is 53.6 Å². The molecule has 2 aromatic carbocycles. The second-order valence-electron chi connectivity index (χ2n) is 8.70. The average molecular weight is 375 g/mol. The van der Waals surface area contributed by atoms with E-state index in [9.17, 15) is 9.90 Å². The summed E-state index contributed by atoms with van der Waals surface area (Å²) >= 11 is 0. The van der Waals surface area contributed by atoms with Crippen LogP contribution in [0.4, 0.5) is 0 Å². The van der Waals surface area contributed by atoms with Gasteiger partial charge in [0, 0.05) is 24.5 Å². The molecule has 3 aromatic rings. The molecule has 5 heteroatoms. The number of carbonyl (C=O) groups is 1. The van der Waals surface area contributed by atoms with Crippen LogP contribution in [0.25, 0.3) is 22.2 Å². The Labute approximate surface area is 164 Å². The lowest BCUT2D eigenvalue weighted by molar-refractivity contribution is -0.0224. The zero-order valence-electron chi connectivity index (χ0n) is 16.5. The van der Waals surface area contributed by atoms with Crippen LogP contribution >= 0.6 is 0 Å². The molecule has 1 fully saturated rings. The van der Waals surface area contributed by atoms with Gasteiger partial charge in [0.15, 0.2) is 0 Å². The van der Waals surface area contributed by atoms with Crippen LogP contribution < -0.4 is 0 Å². The van der Waals surface area contributed by atoms with Gasteiger partial charge in [-0.05, 0) is 44.2 Å². The van der Waals surface area contributed by atoms with E-state index in [0.717, 1.165) is 46.1 Å². The smallest absolute Gasteiger partial charge is 0.255 e. The molecule has 0 unspecified atom stereocenters. The van der Waals surface area contributed by atoms with Gasteiger partial charge in [-0.25, -0.2) is 0 Å². The maximum atomic E-state index is 13.5. The van der Waals surface area contributed by atoms with Crippen LogP contribution in [0.1, 0.15) is 42.6 Å². The van der Waals surface area contributed by atoms with Crippen molar-refractivity contribution in [1.82, 2.24) is 14.7 Å². The SMILES string of the molecule is Cn1nc(-c2cccc3c2C(=O)N([C@H](C2CC2)C(C)(C)O)C3)c2ccccc21. The normalized spacial score (nSPS) is 18.0. The van der Waals surface area contributed by atoms with Crippen LogP contribution in [-0.4, -0.2) is 37.3 Å². The van der Waals surface area contributed by atoms with Crippen LogP contribution in [0.2, 0.25) is 0 Å². The molecule has 144 valence electrons. The molecular formula is C23H25N3O2. The van der Waals surface area contributed by atoms with Gasteiger partial charge >= 0.3 is 0 Å². The number of hydrogen-bond donors (Lipinski definition) is 1. The Balaban J connectivity index is 1.63. The molecule has 0 spiro atoms. The number of amides is 1. The summed E-state index contributed by atoms with van der Waals surface area (Å²) < 4.78 is 1.87. The summed E-state index contributed by atoms with van der Waals surface area (Å²) in [5, 5.41) is 16.5. The fourth-order valence-electron chi connectivity index (χ4n) is 4.84. The molecule has 1 amide bonds. The third-order valence-corrected chi connectivity index (χ3v) is 6.11. The van der Waals surface area contributed by atoms with E-state index >= 15 is 0 Å². The zero-order valence-corrected chi connectivity index (χ0v) is 16.5. The summed E-state index contributed by atoms with van der Waals surface area (Å²) in [7, 11) is 1.93. The Morgan fingerprint density at radius 1 is 1.14 bits per heavy atom. The third kappa shape index (κ3) is 2.57. The standard InChI is InChI=1S/C23H25N3O2/c1-23(2,28)21(14-11-12-14)26-13-15-7-6-9-17(19(15)22(26)27)20-16-8-4-5-10-18(16)25(3)24-20/h4-10,14,21,28H,11-13H2,1-3H3/t21-/m1/s1. The van der Waals surface area contributed by atoms with Gasteiger partial charge in [0.25, 0.3) is 5.91 Å². The van der Waals surface area contributed by atoms with Gasteiger partial charge in [-0.1, -0.05) is 36.4 Å². The number of aryl methyl sites for hydroxylation is 1. The fraction of sp³-hybridized carbons (Fsp3) is 0.391. The molecule has 0 saturated heterocycles. The number of carbonyl (C=O) groups excluding carboxylic acids is 1. The summed E-state index contributed by atoms with van der Waals surface area (Å²) in [4.78, 5) is 15.4. The molecule has 28 heavy (non-hydrogen) atoms. The van der Waals surface area contributed by atoms with Gasteiger partial charge in [-0.2, -0.15) is 5.10 Å². The largest absolute Gasteiger partial charge is 0.388 e. The monoisotopic (exact) mass is 375 g/mol. The minimum atomic E-state index is -0.920.